The number of ether oxygens (including phenoxy) is 1. The topological polar surface area (TPSA) is 79.0 Å². The molecule has 2 aromatic heterocycles. The molecular weight excluding hydrogens is 351 g/mol. The van der Waals surface area contributed by atoms with Crippen LogP contribution in [-0.4, -0.2) is 54.5 Å². The largest absolute Gasteiger partial charge is 0.497 e. The summed E-state index contributed by atoms with van der Waals surface area (Å²) in [6.07, 6.45) is 4.95. The molecule has 0 atom stereocenters. The fourth-order valence-corrected chi connectivity index (χ4v) is 3.96. The number of methoxy groups -OCH3 is 1. The van der Waals surface area contributed by atoms with E-state index in [2.05, 4.69) is 44.9 Å². The number of rotatable bonds is 6. The van der Waals surface area contributed by atoms with Gasteiger partial charge in [0.25, 0.3) is 0 Å². The van der Waals surface area contributed by atoms with Gasteiger partial charge >= 0.3 is 0 Å². The van der Waals surface area contributed by atoms with Crippen molar-refractivity contribution >= 4 is 36.2 Å². The molecule has 2 N–H and O–H groups in total. The third-order valence-corrected chi connectivity index (χ3v) is 5.65. The van der Waals surface area contributed by atoms with E-state index in [4.69, 9.17) is 4.74 Å². The van der Waals surface area contributed by atoms with Crippen LogP contribution in [0.5, 0.6) is 5.75 Å². The predicted molar refractivity (Wildman–Crippen MR) is 116 cm³/mol. The quantitative estimate of drug-likeness (QED) is 0.633. The smallest absolute Gasteiger partial charge is 0.201 e. The zero-order valence-corrected chi connectivity index (χ0v) is 16.8. The van der Waals surface area contributed by atoms with Crippen molar-refractivity contribution in [3.8, 4) is 5.75 Å². The van der Waals surface area contributed by atoms with Gasteiger partial charge in [-0.05, 0) is 37.3 Å². The Morgan fingerprint density at radius 3 is 2.86 bits per heavy atom. The molecular formula is C20H27BN6O. The van der Waals surface area contributed by atoms with E-state index in [1.54, 1.807) is 13.4 Å². The zero-order valence-electron chi connectivity index (χ0n) is 16.8. The molecule has 0 saturated carbocycles. The molecule has 0 bridgehead atoms. The highest BCUT2D eigenvalue weighted by Gasteiger charge is 2.22. The molecule has 3 heterocycles. The minimum atomic E-state index is 0.631. The molecule has 1 aliphatic rings. The van der Waals surface area contributed by atoms with E-state index in [1.807, 2.05) is 18.2 Å². The third kappa shape index (κ3) is 3.77. The lowest BCUT2D eigenvalue weighted by atomic mass is 9.93. The fraction of sp³-hybridized carbons (Fsp3) is 0.450. The van der Waals surface area contributed by atoms with E-state index >= 15 is 0 Å². The van der Waals surface area contributed by atoms with Crippen molar-refractivity contribution in [3.63, 3.8) is 0 Å². The standard InChI is InChI=1S/C20H27BN6O/c1-3-15-18(21)23-12-24-19(15)27-8-6-13(7-9-27)11-22-20-25-16-5-4-14(28-2)10-17(16)26-20/h4-5,10,12-13H,3,6-9,11,21H2,1-2H3,(H2,22,25,26). The second-order valence-electron chi connectivity index (χ2n) is 7.39. The Morgan fingerprint density at radius 2 is 2.11 bits per heavy atom. The first kappa shape index (κ1) is 18.6. The molecule has 7 nitrogen and oxygen atoms in total. The minimum absolute atomic E-state index is 0.631. The molecule has 0 spiro atoms. The summed E-state index contributed by atoms with van der Waals surface area (Å²) >= 11 is 0. The predicted octanol–water partition coefficient (Wildman–Crippen LogP) is 1.51. The Morgan fingerprint density at radius 1 is 1.29 bits per heavy atom. The lowest BCUT2D eigenvalue weighted by Crippen LogP contribution is -2.38. The van der Waals surface area contributed by atoms with Gasteiger partial charge in [0.2, 0.25) is 5.95 Å². The second-order valence-corrected chi connectivity index (χ2v) is 7.39. The van der Waals surface area contributed by atoms with Crippen molar-refractivity contribution in [2.45, 2.75) is 26.2 Å². The Balaban J connectivity index is 1.34. The Bertz CT molecular complexity index is 951. The van der Waals surface area contributed by atoms with Crippen molar-refractivity contribution in [2.24, 2.45) is 5.92 Å². The maximum absolute atomic E-state index is 5.28. The maximum Gasteiger partial charge on any atom is 0.201 e. The molecule has 1 aliphatic heterocycles. The van der Waals surface area contributed by atoms with Crippen LogP contribution in [0.1, 0.15) is 25.3 Å². The van der Waals surface area contributed by atoms with Crippen molar-refractivity contribution in [3.05, 3.63) is 30.1 Å². The number of nitrogens with one attached hydrogen (secondary N) is 2. The molecule has 146 valence electrons. The van der Waals surface area contributed by atoms with Crippen molar-refractivity contribution < 1.29 is 4.74 Å². The van der Waals surface area contributed by atoms with Gasteiger partial charge in [-0.1, -0.05) is 6.92 Å². The number of aromatic nitrogens is 4. The average molecular weight is 378 g/mol. The van der Waals surface area contributed by atoms with Gasteiger partial charge in [-0.25, -0.2) is 9.97 Å². The average Bonchev–Trinajstić information content (AvgIpc) is 3.14. The lowest BCUT2D eigenvalue weighted by Gasteiger charge is -2.34. The van der Waals surface area contributed by atoms with Crippen molar-refractivity contribution in [1.29, 1.82) is 0 Å². The molecule has 4 rings (SSSR count). The Kier molecular flexibility index (Phi) is 5.37. The maximum atomic E-state index is 5.28. The first-order valence-electron chi connectivity index (χ1n) is 10.0. The highest BCUT2D eigenvalue weighted by atomic mass is 16.5. The van der Waals surface area contributed by atoms with Crippen LogP contribution >= 0.6 is 0 Å². The van der Waals surface area contributed by atoms with E-state index in [-0.39, 0.29) is 0 Å². The molecule has 3 aromatic rings. The van der Waals surface area contributed by atoms with Gasteiger partial charge in [-0.2, -0.15) is 0 Å². The summed E-state index contributed by atoms with van der Waals surface area (Å²) in [4.78, 5) is 19.3. The summed E-state index contributed by atoms with van der Waals surface area (Å²) in [5.74, 6) is 3.41. The van der Waals surface area contributed by atoms with Crippen LogP contribution in [0.25, 0.3) is 11.0 Å². The van der Waals surface area contributed by atoms with Gasteiger partial charge in [0.15, 0.2) is 7.85 Å². The van der Waals surface area contributed by atoms with Crippen LogP contribution in [0.15, 0.2) is 24.5 Å². The van der Waals surface area contributed by atoms with Gasteiger partial charge in [-0.3, -0.25) is 4.98 Å². The van der Waals surface area contributed by atoms with Gasteiger partial charge in [0.05, 0.1) is 18.1 Å². The van der Waals surface area contributed by atoms with Gasteiger partial charge < -0.3 is 19.9 Å². The first-order chi connectivity index (χ1) is 13.7. The summed E-state index contributed by atoms with van der Waals surface area (Å²) in [6, 6.07) is 5.88. The summed E-state index contributed by atoms with van der Waals surface area (Å²) in [5, 5.41) is 3.48. The number of piperidine rings is 1. The molecule has 0 unspecified atom stereocenters. The number of hydrogen-bond donors (Lipinski definition) is 2. The van der Waals surface area contributed by atoms with E-state index < -0.39 is 0 Å². The number of aromatic amines is 1. The summed E-state index contributed by atoms with van der Waals surface area (Å²) in [5.41, 5.74) is 4.31. The highest BCUT2D eigenvalue weighted by molar-refractivity contribution is 6.32. The molecule has 8 heteroatoms. The number of imidazole rings is 1. The number of nitrogens with zero attached hydrogens (tertiary/aromatic N) is 4. The summed E-state index contributed by atoms with van der Waals surface area (Å²) in [7, 11) is 3.75. The normalized spacial score (nSPS) is 15.1. The van der Waals surface area contributed by atoms with E-state index in [9.17, 15) is 0 Å². The van der Waals surface area contributed by atoms with Crippen molar-refractivity contribution in [2.75, 3.05) is 37.0 Å². The zero-order chi connectivity index (χ0) is 19.5. The van der Waals surface area contributed by atoms with Crippen LogP contribution in [-0.2, 0) is 6.42 Å². The van der Waals surface area contributed by atoms with Crippen LogP contribution in [0, 0.1) is 5.92 Å². The SMILES string of the molecule is Bc1ncnc(N2CCC(CNc3nc4ccc(OC)cc4[nH]3)CC2)c1CC. The van der Waals surface area contributed by atoms with Crippen LogP contribution in [0.2, 0.25) is 0 Å². The van der Waals surface area contributed by atoms with Crippen LogP contribution in [0.4, 0.5) is 11.8 Å². The number of H-pyrrole nitrogens is 1. The minimum Gasteiger partial charge on any atom is -0.497 e. The summed E-state index contributed by atoms with van der Waals surface area (Å²) < 4.78 is 5.28. The Labute approximate surface area is 166 Å². The van der Waals surface area contributed by atoms with Gasteiger partial charge in [0.1, 0.15) is 17.9 Å². The number of hydrogen-bond acceptors (Lipinski definition) is 6. The third-order valence-electron chi connectivity index (χ3n) is 5.65. The Hall–Kier alpha value is -2.77. The second kappa shape index (κ2) is 8.08. The lowest BCUT2D eigenvalue weighted by molar-refractivity contribution is 0.415. The van der Waals surface area contributed by atoms with Gasteiger partial charge in [-0.15, -0.1) is 0 Å². The molecule has 1 aromatic carbocycles. The van der Waals surface area contributed by atoms with E-state index in [1.165, 1.54) is 5.56 Å². The monoisotopic (exact) mass is 378 g/mol. The highest BCUT2D eigenvalue weighted by Crippen LogP contribution is 2.25. The fourth-order valence-electron chi connectivity index (χ4n) is 3.96. The number of anilines is 2. The molecule has 28 heavy (non-hydrogen) atoms. The van der Waals surface area contributed by atoms with Crippen LogP contribution < -0.4 is 20.5 Å². The molecule has 1 fully saturated rings. The molecule has 1 saturated heterocycles. The molecule has 0 radical (unpaired) electrons. The summed E-state index contributed by atoms with van der Waals surface area (Å²) in [6.45, 7) is 5.17. The van der Waals surface area contributed by atoms with Crippen molar-refractivity contribution in [1.82, 2.24) is 19.9 Å². The molecule has 0 amide bonds. The first-order valence-corrected chi connectivity index (χ1v) is 10.0. The molecule has 0 aliphatic carbocycles. The number of benzene rings is 1. The van der Waals surface area contributed by atoms with E-state index in [0.717, 1.165) is 73.0 Å². The number of fused-ring (bicyclic) bond motifs is 1. The van der Waals surface area contributed by atoms with Gasteiger partial charge in [0, 0.05) is 36.9 Å². The van der Waals surface area contributed by atoms with E-state index in [0.29, 0.717) is 5.92 Å². The van der Waals surface area contributed by atoms with Crippen LogP contribution in [0.3, 0.4) is 0 Å².